The topological polar surface area (TPSA) is 35.2 Å². The van der Waals surface area contributed by atoms with Crippen molar-refractivity contribution >= 4 is 0 Å². The van der Waals surface area contributed by atoms with Crippen LogP contribution in [0.15, 0.2) is 0 Å². The highest BCUT2D eigenvalue weighted by Gasteiger charge is 2.20. The Kier molecular flexibility index (Phi) is 4.04. The van der Waals surface area contributed by atoms with Crippen LogP contribution in [0, 0.1) is 5.92 Å². The van der Waals surface area contributed by atoms with Gasteiger partial charge in [0.25, 0.3) is 0 Å². The molecule has 0 aromatic carbocycles. The van der Waals surface area contributed by atoms with Gasteiger partial charge in [0.2, 0.25) is 0 Å². The smallest absolute Gasteiger partial charge is 0.0519 e. The van der Waals surface area contributed by atoms with Crippen molar-refractivity contribution in [2.45, 2.75) is 46.3 Å². The second-order valence-electron chi connectivity index (χ2n) is 4.10. The van der Waals surface area contributed by atoms with Crippen LogP contribution >= 0.6 is 0 Å². The van der Waals surface area contributed by atoms with Crippen LogP contribution in [-0.2, 0) is 4.74 Å². The molecule has 68 valence electrons. The van der Waals surface area contributed by atoms with Crippen molar-refractivity contribution in [1.29, 1.82) is 0 Å². The van der Waals surface area contributed by atoms with Crippen molar-refractivity contribution in [3.63, 3.8) is 0 Å². The van der Waals surface area contributed by atoms with Crippen LogP contribution in [0.3, 0.4) is 0 Å². The van der Waals surface area contributed by atoms with E-state index in [0.717, 1.165) is 6.61 Å². The normalized spacial score (nSPS) is 15.5. The highest BCUT2D eigenvalue weighted by molar-refractivity contribution is 4.78. The molecule has 0 spiro atoms. The monoisotopic (exact) mass is 159 g/mol. The van der Waals surface area contributed by atoms with Crippen LogP contribution in [0.5, 0.6) is 0 Å². The Morgan fingerprint density at radius 1 is 1.27 bits per heavy atom. The molecule has 2 heteroatoms. The fourth-order valence-electron chi connectivity index (χ4n) is 0.552. The third-order valence-corrected chi connectivity index (χ3v) is 1.95. The van der Waals surface area contributed by atoms with E-state index in [4.69, 9.17) is 10.5 Å². The number of rotatable bonds is 4. The van der Waals surface area contributed by atoms with Gasteiger partial charge in [0.05, 0.1) is 12.7 Å². The van der Waals surface area contributed by atoms with Crippen LogP contribution < -0.4 is 5.73 Å². The maximum Gasteiger partial charge on any atom is 0.0519 e. The molecule has 0 bridgehead atoms. The molecular weight excluding hydrogens is 138 g/mol. The molecule has 1 unspecified atom stereocenters. The van der Waals surface area contributed by atoms with E-state index in [9.17, 15) is 0 Å². The molecule has 11 heavy (non-hydrogen) atoms. The average molecular weight is 159 g/mol. The van der Waals surface area contributed by atoms with Gasteiger partial charge in [-0.1, -0.05) is 6.92 Å². The Hall–Kier alpha value is -0.0800. The largest absolute Gasteiger partial charge is 0.378 e. The van der Waals surface area contributed by atoms with Crippen LogP contribution in [0.25, 0.3) is 0 Å². The maximum atomic E-state index is 5.89. The predicted molar refractivity (Wildman–Crippen MR) is 48.5 cm³/mol. The quantitative estimate of drug-likeness (QED) is 0.678. The summed E-state index contributed by atoms with van der Waals surface area (Å²) in [4.78, 5) is 0. The lowest BCUT2D eigenvalue weighted by Gasteiger charge is -2.27. The first-order valence-corrected chi connectivity index (χ1v) is 4.24. The van der Waals surface area contributed by atoms with Gasteiger partial charge in [0, 0.05) is 5.54 Å². The van der Waals surface area contributed by atoms with Crippen molar-refractivity contribution in [3.05, 3.63) is 0 Å². The van der Waals surface area contributed by atoms with Gasteiger partial charge in [-0.3, -0.25) is 0 Å². The lowest BCUT2D eigenvalue weighted by Crippen LogP contribution is -2.41. The first-order valence-electron chi connectivity index (χ1n) is 4.24. The number of hydrogen-bond donors (Lipinski definition) is 1. The van der Waals surface area contributed by atoms with Gasteiger partial charge < -0.3 is 10.5 Å². The van der Waals surface area contributed by atoms with E-state index in [1.54, 1.807) is 0 Å². The second kappa shape index (κ2) is 4.07. The molecule has 0 heterocycles. The average Bonchev–Trinajstić information content (AvgIpc) is 1.80. The van der Waals surface area contributed by atoms with Crippen molar-refractivity contribution in [2.75, 3.05) is 6.61 Å². The molecule has 0 aromatic heterocycles. The summed E-state index contributed by atoms with van der Waals surface area (Å²) in [6.45, 7) is 11.0. The van der Waals surface area contributed by atoms with Crippen LogP contribution in [-0.4, -0.2) is 18.2 Å². The van der Waals surface area contributed by atoms with Gasteiger partial charge in [-0.05, 0) is 33.6 Å². The van der Waals surface area contributed by atoms with Crippen LogP contribution in [0.2, 0.25) is 0 Å². The van der Waals surface area contributed by atoms with E-state index in [1.165, 1.54) is 0 Å². The molecule has 0 radical (unpaired) electrons. The lowest BCUT2D eigenvalue weighted by molar-refractivity contribution is 0.0392. The van der Waals surface area contributed by atoms with Gasteiger partial charge in [0.1, 0.15) is 0 Å². The lowest BCUT2D eigenvalue weighted by atomic mass is 9.91. The van der Waals surface area contributed by atoms with Gasteiger partial charge >= 0.3 is 0 Å². The molecule has 0 aromatic rings. The van der Waals surface area contributed by atoms with Gasteiger partial charge in [0.15, 0.2) is 0 Å². The summed E-state index contributed by atoms with van der Waals surface area (Å²) in [6.07, 6.45) is 0.305. The minimum atomic E-state index is -0.130. The molecule has 0 saturated carbocycles. The minimum Gasteiger partial charge on any atom is -0.378 e. The summed E-state index contributed by atoms with van der Waals surface area (Å²) in [7, 11) is 0. The summed E-state index contributed by atoms with van der Waals surface area (Å²) in [6, 6.07) is 0. The zero-order chi connectivity index (χ0) is 9.07. The second-order valence-corrected chi connectivity index (χ2v) is 4.10. The van der Waals surface area contributed by atoms with Crippen LogP contribution in [0.4, 0.5) is 0 Å². The van der Waals surface area contributed by atoms with Gasteiger partial charge in [-0.25, -0.2) is 0 Å². The molecule has 0 rings (SSSR count). The number of ether oxygens (including phenoxy) is 1. The Balaban J connectivity index is 3.61. The van der Waals surface area contributed by atoms with E-state index in [-0.39, 0.29) is 5.54 Å². The van der Waals surface area contributed by atoms with Crippen LogP contribution in [0.1, 0.15) is 34.6 Å². The van der Waals surface area contributed by atoms with E-state index in [0.29, 0.717) is 12.0 Å². The molecule has 2 nitrogen and oxygen atoms in total. The first kappa shape index (κ1) is 10.9. The summed E-state index contributed by atoms with van der Waals surface area (Å²) < 4.78 is 5.45. The Morgan fingerprint density at radius 3 is 2.00 bits per heavy atom. The molecule has 0 amide bonds. The van der Waals surface area contributed by atoms with Gasteiger partial charge in [-0.2, -0.15) is 0 Å². The first-order chi connectivity index (χ1) is 4.84. The summed E-state index contributed by atoms with van der Waals surface area (Å²) >= 11 is 0. The fourth-order valence-corrected chi connectivity index (χ4v) is 0.552. The SMILES string of the molecule is CC(C)OCC(C)C(C)(C)N. The minimum absolute atomic E-state index is 0.130. The summed E-state index contributed by atoms with van der Waals surface area (Å²) in [5.74, 6) is 0.407. The molecule has 0 fully saturated rings. The van der Waals surface area contributed by atoms with E-state index >= 15 is 0 Å². The molecule has 0 saturated heterocycles. The Morgan fingerprint density at radius 2 is 1.73 bits per heavy atom. The molecule has 0 aliphatic rings. The van der Waals surface area contributed by atoms with E-state index in [2.05, 4.69) is 6.92 Å². The van der Waals surface area contributed by atoms with Crippen molar-refractivity contribution in [2.24, 2.45) is 11.7 Å². The van der Waals surface area contributed by atoms with Crippen molar-refractivity contribution in [1.82, 2.24) is 0 Å². The van der Waals surface area contributed by atoms with Gasteiger partial charge in [-0.15, -0.1) is 0 Å². The maximum absolute atomic E-state index is 5.89. The number of nitrogens with two attached hydrogens (primary N) is 1. The molecule has 0 aliphatic heterocycles. The van der Waals surface area contributed by atoms with E-state index in [1.807, 2.05) is 27.7 Å². The standard InChI is InChI=1S/C9H21NO/c1-7(2)11-6-8(3)9(4,5)10/h7-8H,6,10H2,1-5H3. The van der Waals surface area contributed by atoms with E-state index < -0.39 is 0 Å². The zero-order valence-electron chi connectivity index (χ0n) is 8.35. The molecule has 0 aliphatic carbocycles. The summed E-state index contributed by atoms with van der Waals surface area (Å²) in [5.41, 5.74) is 5.76. The molecule has 1 atom stereocenters. The van der Waals surface area contributed by atoms with Crippen molar-refractivity contribution < 1.29 is 4.74 Å². The highest BCUT2D eigenvalue weighted by Crippen LogP contribution is 2.13. The third-order valence-electron chi connectivity index (χ3n) is 1.95. The summed E-state index contributed by atoms with van der Waals surface area (Å²) in [5, 5.41) is 0. The highest BCUT2D eigenvalue weighted by atomic mass is 16.5. The number of hydrogen-bond acceptors (Lipinski definition) is 2. The zero-order valence-corrected chi connectivity index (χ0v) is 8.35. The Bertz CT molecular complexity index is 105. The molecular formula is C9H21NO. The molecule has 2 N–H and O–H groups in total. The third kappa shape index (κ3) is 5.22. The van der Waals surface area contributed by atoms with Crippen molar-refractivity contribution in [3.8, 4) is 0 Å². The Labute approximate surface area is 70.1 Å². The fraction of sp³-hybridized carbons (Fsp3) is 1.00. The predicted octanol–water partition coefficient (Wildman–Crippen LogP) is 1.78.